The van der Waals surface area contributed by atoms with E-state index in [1.807, 2.05) is 6.07 Å². The van der Waals surface area contributed by atoms with Gasteiger partial charge in [-0.2, -0.15) is 13.2 Å². The summed E-state index contributed by atoms with van der Waals surface area (Å²) in [6.07, 6.45) is -4.02. The Kier molecular flexibility index (Phi) is 6.36. The van der Waals surface area contributed by atoms with E-state index in [1.165, 1.54) is 31.4 Å². The van der Waals surface area contributed by atoms with E-state index in [9.17, 15) is 22.4 Å². The van der Waals surface area contributed by atoms with Crippen molar-refractivity contribution in [3.8, 4) is 11.5 Å². The molecule has 3 aromatic carbocycles. The van der Waals surface area contributed by atoms with Crippen LogP contribution in [-0.4, -0.2) is 19.7 Å². The van der Waals surface area contributed by atoms with Crippen molar-refractivity contribution in [1.82, 2.24) is 0 Å². The van der Waals surface area contributed by atoms with Gasteiger partial charge in [-0.1, -0.05) is 30.3 Å². The molecule has 0 amide bonds. The van der Waals surface area contributed by atoms with Gasteiger partial charge in [-0.25, -0.2) is 4.39 Å². The molecule has 0 fully saturated rings. The lowest BCUT2D eigenvalue weighted by Crippen LogP contribution is -2.13. The smallest absolute Gasteiger partial charge is 0.416 e. The summed E-state index contributed by atoms with van der Waals surface area (Å²) < 4.78 is 72.5. The highest BCUT2D eigenvalue weighted by Gasteiger charge is 2.38. The van der Waals surface area contributed by atoms with E-state index in [0.29, 0.717) is 42.1 Å². The largest absolute Gasteiger partial charge is 0.492 e. The van der Waals surface area contributed by atoms with Crippen LogP contribution in [0.3, 0.4) is 0 Å². The summed E-state index contributed by atoms with van der Waals surface area (Å²) in [6.45, 7) is 0.361. The maximum absolute atomic E-state index is 14.3. The third-order valence-electron chi connectivity index (χ3n) is 6.89. The Morgan fingerprint density at radius 3 is 2.61 bits per heavy atom. The molecule has 8 heteroatoms. The van der Waals surface area contributed by atoms with Crippen molar-refractivity contribution in [2.45, 2.75) is 43.9 Å². The van der Waals surface area contributed by atoms with Crippen molar-refractivity contribution in [3.05, 3.63) is 93.8 Å². The standard InChI is InChI=1S/C28H24F4O4/c1-34-27(33)13-17-15-35-26-14-18(6-7-19(17)26)36-25-11-9-20-21(25)8-10-23(28(30,31)32)22(20)12-16-4-2-3-5-24(16)29/h2-8,10,14,17,25H,9,11-13,15H2,1H3/t17-,25-/m1/s1. The minimum Gasteiger partial charge on any atom is -0.492 e. The predicted molar refractivity (Wildman–Crippen MR) is 124 cm³/mol. The van der Waals surface area contributed by atoms with E-state index in [0.717, 1.165) is 11.6 Å². The number of alkyl halides is 3. The number of hydrogen-bond donors (Lipinski definition) is 0. The SMILES string of the molecule is COC(=O)C[C@@H]1COc2cc(O[C@@H]3CCc4c3ccc(C(F)(F)F)c4Cc3ccccc3F)ccc21. The highest BCUT2D eigenvalue weighted by Crippen LogP contribution is 2.44. The lowest BCUT2D eigenvalue weighted by atomic mass is 9.91. The van der Waals surface area contributed by atoms with E-state index in [1.54, 1.807) is 18.2 Å². The van der Waals surface area contributed by atoms with Crippen molar-refractivity contribution < 1.29 is 36.6 Å². The molecule has 1 aliphatic heterocycles. The van der Waals surface area contributed by atoms with E-state index >= 15 is 0 Å². The number of methoxy groups -OCH3 is 1. The summed E-state index contributed by atoms with van der Waals surface area (Å²) in [5, 5.41) is 0. The summed E-state index contributed by atoms with van der Waals surface area (Å²) in [6, 6.07) is 13.8. The molecular weight excluding hydrogens is 476 g/mol. The van der Waals surface area contributed by atoms with E-state index < -0.39 is 23.7 Å². The van der Waals surface area contributed by atoms with Crippen molar-refractivity contribution in [1.29, 1.82) is 0 Å². The van der Waals surface area contributed by atoms with Gasteiger partial charge in [0.25, 0.3) is 0 Å². The quantitative estimate of drug-likeness (QED) is 0.285. The van der Waals surface area contributed by atoms with Gasteiger partial charge >= 0.3 is 12.1 Å². The van der Waals surface area contributed by atoms with Crippen LogP contribution in [0.5, 0.6) is 11.5 Å². The number of benzene rings is 3. The van der Waals surface area contributed by atoms with Crippen molar-refractivity contribution in [2.24, 2.45) is 0 Å². The van der Waals surface area contributed by atoms with Crippen LogP contribution in [0.15, 0.2) is 54.6 Å². The summed E-state index contributed by atoms with van der Waals surface area (Å²) in [4.78, 5) is 11.6. The van der Waals surface area contributed by atoms with Gasteiger partial charge < -0.3 is 14.2 Å². The number of hydrogen-bond acceptors (Lipinski definition) is 4. The molecule has 0 unspecified atom stereocenters. The highest BCUT2D eigenvalue weighted by atomic mass is 19.4. The van der Waals surface area contributed by atoms with Crippen molar-refractivity contribution in [2.75, 3.05) is 13.7 Å². The molecule has 188 valence electrons. The zero-order chi connectivity index (χ0) is 25.4. The third-order valence-corrected chi connectivity index (χ3v) is 6.89. The molecule has 0 N–H and O–H groups in total. The zero-order valence-electron chi connectivity index (χ0n) is 19.5. The first-order chi connectivity index (χ1) is 17.2. The van der Waals surface area contributed by atoms with E-state index in [2.05, 4.69) is 0 Å². The zero-order valence-corrected chi connectivity index (χ0v) is 19.5. The number of carbonyl (C=O) groups excluding carboxylic acids is 1. The average molecular weight is 500 g/mol. The van der Waals surface area contributed by atoms with Gasteiger partial charge in [-0.3, -0.25) is 4.79 Å². The van der Waals surface area contributed by atoms with Crippen LogP contribution < -0.4 is 9.47 Å². The fraction of sp³-hybridized carbons (Fsp3) is 0.321. The molecule has 36 heavy (non-hydrogen) atoms. The second-order valence-corrected chi connectivity index (χ2v) is 9.06. The molecule has 1 aliphatic carbocycles. The topological polar surface area (TPSA) is 44.8 Å². The Hall–Kier alpha value is -3.55. The van der Waals surface area contributed by atoms with Crippen LogP contribution in [-0.2, 0) is 28.5 Å². The van der Waals surface area contributed by atoms with Gasteiger partial charge in [0, 0.05) is 24.0 Å². The molecule has 1 heterocycles. The predicted octanol–water partition coefficient (Wildman–Crippen LogP) is 6.54. The number of carbonyl (C=O) groups is 1. The first kappa shape index (κ1) is 24.2. The fourth-order valence-electron chi connectivity index (χ4n) is 5.11. The van der Waals surface area contributed by atoms with Crippen LogP contribution in [0.4, 0.5) is 17.6 Å². The van der Waals surface area contributed by atoms with Gasteiger partial charge in [-0.15, -0.1) is 0 Å². The Balaban J connectivity index is 1.42. The maximum Gasteiger partial charge on any atom is 0.416 e. The Labute approximate surface area is 205 Å². The molecule has 0 bridgehead atoms. The van der Waals surface area contributed by atoms with Crippen LogP contribution in [0.25, 0.3) is 0 Å². The van der Waals surface area contributed by atoms with Crippen LogP contribution in [0.2, 0.25) is 0 Å². The molecule has 2 atom stereocenters. The number of halogens is 4. The Bertz CT molecular complexity index is 1300. The minimum atomic E-state index is -4.55. The van der Waals surface area contributed by atoms with E-state index in [-0.39, 0.29) is 35.9 Å². The van der Waals surface area contributed by atoms with Crippen molar-refractivity contribution in [3.63, 3.8) is 0 Å². The molecule has 4 nitrogen and oxygen atoms in total. The molecule has 0 spiro atoms. The lowest BCUT2D eigenvalue weighted by molar-refractivity contribution is -0.141. The first-order valence-corrected chi connectivity index (χ1v) is 11.7. The molecule has 0 aromatic heterocycles. The summed E-state index contributed by atoms with van der Waals surface area (Å²) >= 11 is 0. The van der Waals surface area contributed by atoms with Crippen LogP contribution in [0, 0.1) is 5.82 Å². The summed E-state index contributed by atoms with van der Waals surface area (Å²) in [5.74, 6) is 0.199. The third kappa shape index (κ3) is 4.64. The molecule has 3 aromatic rings. The van der Waals surface area contributed by atoms with Gasteiger partial charge in [0.1, 0.15) is 23.4 Å². The second kappa shape index (κ2) is 9.48. The Morgan fingerprint density at radius 1 is 1.08 bits per heavy atom. The molecular formula is C28H24F4O4. The van der Waals surface area contributed by atoms with Crippen LogP contribution >= 0.6 is 0 Å². The van der Waals surface area contributed by atoms with Gasteiger partial charge in [0.15, 0.2) is 0 Å². The maximum atomic E-state index is 14.3. The monoisotopic (exact) mass is 500 g/mol. The van der Waals surface area contributed by atoms with Crippen LogP contribution in [0.1, 0.15) is 58.2 Å². The molecule has 0 radical (unpaired) electrons. The van der Waals surface area contributed by atoms with Gasteiger partial charge in [0.05, 0.1) is 25.7 Å². The molecule has 0 saturated carbocycles. The number of esters is 1. The highest BCUT2D eigenvalue weighted by molar-refractivity contribution is 5.71. The summed E-state index contributed by atoms with van der Waals surface area (Å²) in [5.41, 5.74) is 1.71. The Morgan fingerprint density at radius 2 is 1.86 bits per heavy atom. The van der Waals surface area contributed by atoms with Gasteiger partial charge in [0.2, 0.25) is 0 Å². The molecule has 5 rings (SSSR count). The normalized spacial score (nSPS) is 18.4. The number of rotatable bonds is 6. The fourth-order valence-corrected chi connectivity index (χ4v) is 5.11. The van der Waals surface area contributed by atoms with E-state index in [4.69, 9.17) is 14.2 Å². The number of fused-ring (bicyclic) bond motifs is 2. The van der Waals surface area contributed by atoms with Crippen molar-refractivity contribution >= 4 is 5.97 Å². The minimum absolute atomic E-state index is 0.0964. The molecule has 0 saturated heterocycles. The van der Waals surface area contributed by atoms with Gasteiger partial charge in [-0.05, 0) is 53.3 Å². The lowest BCUT2D eigenvalue weighted by Gasteiger charge is -2.20. The molecule has 2 aliphatic rings. The number of ether oxygens (including phenoxy) is 3. The first-order valence-electron chi connectivity index (χ1n) is 11.7. The summed E-state index contributed by atoms with van der Waals surface area (Å²) in [7, 11) is 1.34. The second-order valence-electron chi connectivity index (χ2n) is 9.06. The average Bonchev–Trinajstić information content (AvgIpc) is 3.44.